The first-order valence-electron chi connectivity index (χ1n) is 8.96. The van der Waals surface area contributed by atoms with E-state index in [0.29, 0.717) is 18.5 Å². The van der Waals surface area contributed by atoms with Crippen molar-refractivity contribution in [3.05, 3.63) is 52.5 Å². The van der Waals surface area contributed by atoms with E-state index in [4.69, 9.17) is 0 Å². The highest BCUT2D eigenvalue weighted by atomic mass is 19.1. The molecule has 0 saturated carbocycles. The summed E-state index contributed by atoms with van der Waals surface area (Å²) in [7, 11) is 1.61. The summed E-state index contributed by atoms with van der Waals surface area (Å²) in [6.07, 6.45) is 0.302. The molecule has 7 nitrogen and oxygen atoms in total. The molecule has 28 heavy (non-hydrogen) atoms. The van der Waals surface area contributed by atoms with Crippen molar-refractivity contribution in [3.8, 4) is 11.6 Å². The van der Waals surface area contributed by atoms with Crippen LogP contribution in [0, 0.1) is 5.82 Å². The number of aromatic hydroxyl groups is 2. The topological polar surface area (TPSA) is 94.0 Å². The quantitative estimate of drug-likeness (QED) is 0.840. The molecule has 1 aromatic heterocycles. The standard InChI is InChI=1S/C20H22FN3O4/c1-11(2)23(3)20(28)16-14-8-9-24(10-12-4-6-13(21)7-5-12)19(27)15(14)17(25)18(26)22-16/h4-7,11,25H,8-10H2,1-3H3,(H,22,26). The Morgan fingerprint density at radius 1 is 1.29 bits per heavy atom. The lowest BCUT2D eigenvalue weighted by atomic mass is 9.95. The molecule has 8 heteroatoms. The number of benzene rings is 1. The van der Waals surface area contributed by atoms with Crippen LogP contribution in [0.2, 0.25) is 0 Å². The van der Waals surface area contributed by atoms with Crippen molar-refractivity contribution in [1.29, 1.82) is 0 Å². The van der Waals surface area contributed by atoms with Crippen LogP contribution in [0.15, 0.2) is 24.3 Å². The van der Waals surface area contributed by atoms with Gasteiger partial charge in [-0.1, -0.05) is 12.1 Å². The van der Waals surface area contributed by atoms with Gasteiger partial charge in [-0.2, -0.15) is 0 Å². The monoisotopic (exact) mass is 387 g/mol. The van der Waals surface area contributed by atoms with Gasteiger partial charge in [0.1, 0.15) is 11.5 Å². The van der Waals surface area contributed by atoms with Crippen LogP contribution in [0.4, 0.5) is 4.39 Å². The number of aromatic nitrogens is 1. The first-order valence-corrected chi connectivity index (χ1v) is 8.96. The maximum absolute atomic E-state index is 13.1. The molecule has 0 spiro atoms. The van der Waals surface area contributed by atoms with Gasteiger partial charge in [-0.3, -0.25) is 9.59 Å². The Hall–Kier alpha value is -3.16. The third-order valence-corrected chi connectivity index (χ3v) is 4.97. The predicted molar refractivity (Wildman–Crippen MR) is 99.6 cm³/mol. The summed E-state index contributed by atoms with van der Waals surface area (Å²) in [5.74, 6) is -2.70. The predicted octanol–water partition coefficient (Wildman–Crippen LogP) is 2.31. The molecule has 1 aliphatic rings. The molecule has 2 amide bonds. The maximum atomic E-state index is 13.1. The van der Waals surface area contributed by atoms with Gasteiger partial charge in [0.25, 0.3) is 17.7 Å². The average molecular weight is 387 g/mol. The molecule has 1 aromatic carbocycles. The molecule has 0 aliphatic carbocycles. The molecule has 0 atom stereocenters. The van der Waals surface area contributed by atoms with E-state index < -0.39 is 23.4 Å². The molecule has 3 rings (SSSR count). The summed E-state index contributed by atoms with van der Waals surface area (Å²) >= 11 is 0. The van der Waals surface area contributed by atoms with E-state index in [9.17, 15) is 24.2 Å². The van der Waals surface area contributed by atoms with Gasteiger partial charge in [-0.15, -0.1) is 0 Å². The van der Waals surface area contributed by atoms with E-state index in [0.717, 1.165) is 5.56 Å². The first kappa shape index (κ1) is 19.6. The van der Waals surface area contributed by atoms with Crippen molar-refractivity contribution in [1.82, 2.24) is 14.8 Å². The molecular formula is C20H22FN3O4. The van der Waals surface area contributed by atoms with E-state index in [1.54, 1.807) is 19.2 Å². The molecule has 0 saturated heterocycles. The molecule has 0 radical (unpaired) electrons. The molecule has 0 bridgehead atoms. The molecule has 2 heterocycles. The number of halogens is 1. The number of rotatable bonds is 4. The number of hydrogen-bond acceptors (Lipinski definition) is 5. The number of carbonyl (C=O) groups is 2. The fraction of sp³-hybridized carbons (Fsp3) is 0.350. The highest BCUT2D eigenvalue weighted by molar-refractivity contribution is 6.04. The van der Waals surface area contributed by atoms with Crippen LogP contribution in [-0.2, 0) is 13.0 Å². The second-order valence-electron chi connectivity index (χ2n) is 7.10. The van der Waals surface area contributed by atoms with Gasteiger partial charge in [0, 0.05) is 31.7 Å². The van der Waals surface area contributed by atoms with Crippen molar-refractivity contribution in [2.24, 2.45) is 0 Å². The Kier molecular flexibility index (Phi) is 5.22. The van der Waals surface area contributed by atoms with Crippen molar-refractivity contribution in [2.45, 2.75) is 32.9 Å². The van der Waals surface area contributed by atoms with E-state index in [2.05, 4.69) is 4.98 Å². The van der Waals surface area contributed by atoms with Gasteiger partial charge in [0.15, 0.2) is 5.75 Å². The number of pyridine rings is 1. The fourth-order valence-electron chi connectivity index (χ4n) is 3.12. The zero-order valence-corrected chi connectivity index (χ0v) is 15.9. The number of amides is 2. The van der Waals surface area contributed by atoms with Crippen LogP contribution in [-0.4, -0.2) is 56.4 Å². The zero-order chi connectivity index (χ0) is 20.6. The SMILES string of the molecule is CC(C)N(C)C(=O)c1nc(O)c(O)c2c1CCN(Cc1ccc(F)cc1)C2=O. The van der Waals surface area contributed by atoms with Crippen LogP contribution in [0.5, 0.6) is 11.6 Å². The fourth-order valence-corrected chi connectivity index (χ4v) is 3.12. The summed E-state index contributed by atoms with van der Waals surface area (Å²) in [6.45, 7) is 4.19. The molecule has 2 aromatic rings. The zero-order valence-electron chi connectivity index (χ0n) is 15.9. The lowest BCUT2D eigenvalue weighted by Crippen LogP contribution is -2.40. The minimum atomic E-state index is -0.753. The molecule has 0 unspecified atom stereocenters. The summed E-state index contributed by atoms with van der Waals surface area (Å²) < 4.78 is 13.1. The Morgan fingerprint density at radius 2 is 1.93 bits per heavy atom. The second kappa shape index (κ2) is 7.46. The highest BCUT2D eigenvalue weighted by Crippen LogP contribution is 2.36. The van der Waals surface area contributed by atoms with Crippen LogP contribution in [0.25, 0.3) is 0 Å². The van der Waals surface area contributed by atoms with Gasteiger partial charge in [-0.05, 0) is 38.0 Å². The van der Waals surface area contributed by atoms with Crippen LogP contribution in [0.1, 0.15) is 45.8 Å². The summed E-state index contributed by atoms with van der Waals surface area (Å²) in [4.78, 5) is 32.5. The Balaban J connectivity index is 1.98. The molecule has 1 aliphatic heterocycles. The van der Waals surface area contributed by atoms with Crippen molar-refractivity contribution < 1.29 is 24.2 Å². The van der Waals surface area contributed by atoms with Crippen molar-refractivity contribution in [3.63, 3.8) is 0 Å². The number of hydrogen-bond donors (Lipinski definition) is 2. The number of carbonyl (C=O) groups excluding carboxylic acids is 2. The smallest absolute Gasteiger partial charge is 0.272 e. The first-order chi connectivity index (χ1) is 13.2. The summed E-state index contributed by atoms with van der Waals surface area (Å²) in [6, 6.07) is 5.67. The maximum Gasteiger partial charge on any atom is 0.272 e. The number of fused-ring (bicyclic) bond motifs is 1. The van der Waals surface area contributed by atoms with Crippen LogP contribution >= 0.6 is 0 Å². The van der Waals surface area contributed by atoms with Gasteiger partial charge in [0.2, 0.25) is 0 Å². The third-order valence-electron chi connectivity index (χ3n) is 4.97. The second-order valence-corrected chi connectivity index (χ2v) is 7.10. The minimum Gasteiger partial charge on any atom is -0.503 e. The summed E-state index contributed by atoms with van der Waals surface area (Å²) in [5, 5.41) is 20.3. The third kappa shape index (κ3) is 3.49. The normalized spacial score (nSPS) is 13.6. The molecule has 0 fully saturated rings. The average Bonchev–Trinajstić information content (AvgIpc) is 2.66. The number of nitrogens with zero attached hydrogens (tertiary/aromatic N) is 3. The Labute approximate surface area is 162 Å². The van der Waals surface area contributed by atoms with Crippen molar-refractivity contribution in [2.75, 3.05) is 13.6 Å². The van der Waals surface area contributed by atoms with Crippen LogP contribution < -0.4 is 0 Å². The highest BCUT2D eigenvalue weighted by Gasteiger charge is 2.34. The van der Waals surface area contributed by atoms with E-state index in [1.165, 1.54) is 21.9 Å². The largest absolute Gasteiger partial charge is 0.503 e. The Morgan fingerprint density at radius 3 is 2.54 bits per heavy atom. The molecule has 148 valence electrons. The molecule has 2 N–H and O–H groups in total. The van der Waals surface area contributed by atoms with Crippen LogP contribution in [0.3, 0.4) is 0 Å². The van der Waals surface area contributed by atoms with Gasteiger partial charge in [0.05, 0.1) is 5.56 Å². The van der Waals surface area contributed by atoms with Gasteiger partial charge in [-0.25, -0.2) is 9.37 Å². The van der Waals surface area contributed by atoms with E-state index >= 15 is 0 Å². The van der Waals surface area contributed by atoms with E-state index in [1.807, 2.05) is 13.8 Å². The minimum absolute atomic E-state index is 0.0312. The van der Waals surface area contributed by atoms with E-state index in [-0.39, 0.29) is 29.7 Å². The van der Waals surface area contributed by atoms with Crippen molar-refractivity contribution >= 4 is 11.8 Å². The lowest BCUT2D eigenvalue weighted by Gasteiger charge is -2.31. The lowest BCUT2D eigenvalue weighted by molar-refractivity contribution is 0.0715. The van der Waals surface area contributed by atoms with Gasteiger partial charge < -0.3 is 20.0 Å². The Bertz CT molecular complexity index is 928. The molecular weight excluding hydrogens is 365 g/mol. The van der Waals surface area contributed by atoms with Gasteiger partial charge >= 0.3 is 0 Å². The summed E-state index contributed by atoms with van der Waals surface area (Å²) in [5.41, 5.74) is 0.914.